The van der Waals surface area contributed by atoms with Gasteiger partial charge in [-0.25, -0.2) is 4.79 Å². The van der Waals surface area contributed by atoms with Gasteiger partial charge in [0.1, 0.15) is 0 Å². The van der Waals surface area contributed by atoms with E-state index in [0.29, 0.717) is 44.0 Å². The number of urea groups is 1. The Labute approximate surface area is 171 Å². The molecular weight excluding hydrogens is 385 g/mol. The molecule has 1 aromatic rings. The number of hydrogen-bond donors (Lipinski definition) is 3. The Morgan fingerprint density at radius 3 is 2.52 bits per heavy atom. The van der Waals surface area contributed by atoms with E-state index in [1.807, 2.05) is 18.2 Å². The minimum atomic E-state index is -0.664. The minimum Gasteiger partial charge on any atom is -0.350 e. The lowest BCUT2D eigenvalue weighted by Gasteiger charge is -2.39. The molecule has 1 fully saturated rings. The lowest BCUT2D eigenvalue weighted by Crippen LogP contribution is -2.50. The third-order valence-corrected chi connectivity index (χ3v) is 6.16. The van der Waals surface area contributed by atoms with Crippen LogP contribution in [0.1, 0.15) is 43.5 Å². The fraction of sp³-hybridized carbons (Fsp3) is 0.600. The number of rotatable bonds is 7. The van der Waals surface area contributed by atoms with Gasteiger partial charge in [0.15, 0.2) is 0 Å². The summed E-state index contributed by atoms with van der Waals surface area (Å²) in [6.45, 7) is 5.66. The maximum Gasteiger partial charge on any atom is 0.314 e. The lowest BCUT2D eigenvalue weighted by molar-refractivity contribution is 0.0945. The summed E-state index contributed by atoms with van der Waals surface area (Å²) in [5.74, 6) is 0.555. The lowest BCUT2D eigenvalue weighted by atomic mass is 9.80. The molecule has 2 rings (SSSR count). The second kappa shape index (κ2) is 10.2. The van der Waals surface area contributed by atoms with Crippen molar-refractivity contribution in [1.82, 2.24) is 16.0 Å². The van der Waals surface area contributed by atoms with Crippen LogP contribution in [0, 0.1) is 11.8 Å². The van der Waals surface area contributed by atoms with Crippen LogP contribution in [0.2, 0.25) is 0 Å². The molecule has 1 aliphatic carbocycles. The monoisotopic (exact) mass is 413 g/mol. The van der Waals surface area contributed by atoms with Crippen LogP contribution in [0.4, 0.5) is 4.79 Å². The first-order valence-corrected chi connectivity index (χ1v) is 10.3. The number of halogens is 2. The summed E-state index contributed by atoms with van der Waals surface area (Å²) >= 11 is 13.3. The van der Waals surface area contributed by atoms with E-state index < -0.39 is 4.87 Å². The Morgan fingerprint density at radius 2 is 1.89 bits per heavy atom. The zero-order chi connectivity index (χ0) is 19.9. The summed E-state index contributed by atoms with van der Waals surface area (Å²) < 4.78 is 0. The van der Waals surface area contributed by atoms with Crippen molar-refractivity contribution < 1.29 is 9.59 Å². The largest absolute Gasteiger partial charge is 0.350 e. The molecule has 150 valence electrons. The number of nitrogens with one attached hydrogen (secondary N) is 3. The highest BCUT2D eigenvalue weighted by Crippen LogP contribution is 2.40. The average Bonchev–Trinajstić information content (AvgIpc) is 2.66. The van der Waals surface area contributed by atoms with Crippen LogP contribution in [0.25, 0.3) is 0 Å². The van der Waals surface area contributed by atoms with Crippen LogP contribution in [-0.2, 0) is 0 Å². The van der Waals surface area contributed by atoms with Gasteiger partial charge in [-0.1, -0.05) is 32.0 Å². The third-order valence-electron chi connectivity index (χ3n) is 4.87. The van der Waals surface area contributed by atoms with Crippen molar-refractivity contribution in [2.24, 2.45) is 11.8 Å². The molecule has 1 saturated carbocycles. The molecule has 0 saturated heterocycles. The predicted octanol–water partition coefficient (Wildman–Crippen LogP) is 3.76. The molecule has 0 bridgehead atoms. The molecule has 3 N–H and O–H groups in total. The van der Waals surface area contributed by atoms with Crippen LogP contribution in [0.15, 0.2) is 30.3 Å². The van der Waals surface area contributed by atoms with Gasteiger partial charge in [0.25, 0.3) is 5.91 Å². The van der Waals surface area contributed by atoms with Gasteiger partial charge in [0, 0.05) is 25.2 Å². The van der Waals surface area contributed by atoms with E-state index in [1.165, 1.54) is 0 Å². The summed E-state index contributed by atoms with van der Waals surface area (Å²) in [4.78, 5) is 23.3. The molecule has 0 aromatic heterocycles. The summed E-state index contributed by atoms with van der Waals surface area (Å²) in [5.41, 5.74) is 0.606. The fourth-order valence-corrected chi connectivity index (χ4v) is 3.83. The van der Waals surface area contributed by atoms with Gasteiger partial charge in [0.05, 0.1) is 10.3 Å². The van der Waals surface area contributed by atoms with E-state index in [4.69, 9.17) is 23.2 Å². The molecule has 0 radical (unpaired) electrons. The second-order valence-corrected chi connectivity index (χ2v) is 8.96. The van der Waals surface area contributed by atoms with Gasteiger partial charge < -0.3 is 16.0 Å². The zero-order valence-electron chi connectivity index (χ0n) is 15.9. The Morgan fingerprint density at radius 1 is 1.19 bits per heavy atom. The van der Waals surface area contributed by atoms with Crippen molar-refractivity contribution in [3.8, 4) is 0 Å². The van der Waals surface area contributed by atoms with Crippen molar-refractivity contribution in [2.45, 2.75) is 43.4 Å². The Hall–Kier alpha value is -1.46. The molecule has 0 spiro atoms. The molecule has 3 unspecified atom stereocenters. The highest BCUT2D eigenvalue weighted by atomic mass is 35.5. The number of hydrogen-bond acceptors (Lipinski definition) is 2. The van der Waals surface area contributed by atoms with Gasteiger partial charge in [-0.15, -0.1) is 23.2 Å². The first kappa shape index (κ1) is 21.8. The quantitative estimate of drug-likeness (QED) is 0.595. The van der Waals surface area contributed by atoms with Gasteiger partial charge >= 0.3 is 6.03 Å². The van der Waals surface area contributed by atoms with Crippen LogP contribution in [0.3, 0.4) is 0 Å². The highest BCUT2D eigenvalue weighted by Gasteiger charge is 2.41. The van der Waals surface area contributed by atoms with Crippen molar-refractivity contribution in [2.75, 3.05) is 19.6 Å². The molecule has 7 heteroatoms. The number of amides is 3. The molecule has 27 heavy (non-hydrogen) atoms. The highest BCUT2D eigenvalue weighted by molar-refractivity contribution is 6.33. The van der Waals surface area contributed by atoms with Gasteiger partial charge in [0.2, 0.25) is 0 Å². The Balaban J connectivity index is 1.76. The Kier molecular flexibility index (Phi) is 8.24. The molecule has 1 aromatic carbocycles. The van der Waals surface area contributed by atoms with E-state index in [-0.39, 0.29) is 23.2 Å². The second-order valence-electron chi connectivity index (χ2n) is 7.68. The summed E-state index contributed by atoms with van der Waals surface area (Å²) in [6.07, 6.45) is 2.26. The SMILES string of the molecule is CC(C)CNC(=O)NCC1CCC(Cl)(CNC(=O)c2ccccc2)C(Cl)C1. The van der Waals surface area contributed by atoms with E-state index >= 15 is 0 Å². The van der Waals surface area contributed by atoms with Crippen molar-refractivity contribution >= 4 is 35.1 Å². The maximum absolute atomic E-state index is 12.2. The minimum absolute atomic E-state index is 0.146. The number of carbonyl (C=O) groups is 2. The molecule has 5 nitrogen and oxygen atoms in total. The van der Waals surface area contributed by atoms with Crippen molar-refractivity contribution in [3.05, 3.63) is 35.9 Å². The molecule has 1 aliphatic rings. The van der Waals surface area contributed by atoms with Crippen LogP contribution in [0.5, 0.6) is 0 Å². The van der Waals surface area contributed by atoms with Crippen LogP contribution < -0.4 is 16.0 Å². The van der Waals surface area contributed by atoms with Gasteiger partial charge in [-0.3, -0.25) is 4.79 Å². The standard InChI is InChI=1S/C20H29Cl2N3O2/c1-14(2)11-23-19(27)24-12-15-8-9-20(22,17(21)10-15)13-25-18(26)16-6-4-3-5-7-16/h3-7,14-15,17H,8-13H2,1-2H3,(H,25,26)(H2,23,24,27). The third kappa shape index (κ3) is 6.89. The first-order valence-electron chi connectivity index (χ1n) is 9.48. The van der Waals surface area contributed by atoms with Gasteiger partial charge in [-0.2, -0.15) is 0 Å². The number of carbonyl (C=O) groups excluding carboxylic acids is 2. The van der Waals surface area contributed by atoms with E-state index in [9.17, 15) is 9.59 Å². The summed E-state index contributed by atoms with van der Waals surface area (Å²) in [7, 11) is 0. The fourth-order valence-electron chi connectivity index (χ4n) is 3.12. The molecule has 3 amide bonds. The molecular formula is C20H29Cl2N3O2. The summed E-state index contributed by atoms with van der Waals surface area (Å²) in [6, 6.07) is 8.90. The van der Waals surface area contributed by atoms with E-state index in [0.717, 1.165) is 6.42 Å². The number of benzene rings is 1. The topological polar surface area (TPSA) is 70.2 Å². The zero-order valence-corrected chi connectivity index (χ0v) is 17.4. The predicted molar refractivity (Wildman–Crippen MR) is 111 cm³/mol. The number of alkyl halides is 2. The maximum atomic E-state index is 12.2. The molecule has 3 atom stereocenters. The van der Waals surface area contributed by atoms with Crippen molar-refractivity contribution in [1.29, 1.82) is 0 Å². The summed E-state index contributed by atoms with van der Waals surface area (Å²) in [5, 5.41) is 8.37. The average molecular weight is 414 g/mol. The van der Waals surface area contributed by atoms with Crippen molar-refractivity contribution in [3.63, 3.8) is 0 Å². The van der Waals surface area contributed by atoms with E-state index in [1.54, 1.807) is 12.1 Å². The normalized spacial score (nSPS) is 25.1. The van der Waals surface area contributed by atoms with Gasteiger partial charge in [-0.05, 0) is 43.2 Å². The molecule has 0 aliphatic heterocycles. The van der Waals surface area contributed by atoms with E-state index in [2.05, 4.69) is 29.8 Å². The smallest absolute Gasteiger partial charge is 0.314 e. The first-order chi connectivity index (χ1) is 12.8. The van der Waals surface area contributed by atoms with Crippen LogP contribution in [-0.4, -0.2) is 41.8 Å². The van der Waals surface area contributed by atoms with Crippen LogP contribution >= 0.6 is 23.2 Å². The Bertz CT molecular complexity index is 627. The molecule has 0 heterocycles.